The van der Waals surface area contributed by atoms with Crippen molar-refractivity contribution in [1.29, 1.82) is 0 Å². The van der Waals surface area contributed by atoms with Gasteiger partial charge in [-0.15, -0.1) is 0 Å². The predicted molar refractivity (Wildman–Crippen MR) is 118 cm³/mol. The third kappa shape index (κ3) is 4.66. The number of thiazole rings is 1. The van der Waals surface area contributed by atoms with Gasteiger partial charge in [0.1, 0.15) is 13.1 Å². The Morgan fingerprint density at radius 1 is 1.17 bits per heavy atom. The van der Waals surface area contributed by atoms with Crippen LogP contribution in [0.25, 0.3) is 10.2 Å². The molecular weight excluding hydrogens is 382 g/mol. The van der Waals surface area contributed by atoms with Gasteiger partial charge in [0.2, 0.25) is 0 Å². The zero-order valence-corrected chi connectivity index (χ0v) is 17.9. The van der Waals surface area contributed by atoms with E-state index in [1.807, 2.05) is 35.2 Å². The van der Waals surface area contributed by atoms with Crippen LogP contribution < -0.4 is 9.80 Å². The smallest absolute Gasteiger partial charge is 0.260 e. The fraction of sp³-hybridized carbons (Fsp3) is 0.391. The van der Waals surface area contributed by atoms with Gasteiger partial charge in [-0.05, 0) is 43.2 Å². The maximum Gasteiger partial charge on any atom is 0.260 e. The minimum Gasteiger partial charge on any atom is -0.370 e. The summed E-state index contributed by atoms with van der Waals surface area (Å²) in [6.45, 7) is 9.68. The van der Waals surface area contributed by atoms with Gasteiger partial charge in [-0.2, -0.15) is 0 Å². The minimum absolute atomic E-state index is 0.0241. The molecule has 0 unspecified atom stereocenters. The van der Waals surface area contributed by atoms with E-state index in [9.17, 15) is 4.79 Å². The molecule has 1 saturated heterocycles. The van der Waals surface area contributed by atoms with Gasteiger partial charge in [0.15, 0.2) is 5.13 Å². The Kier molecular flexibility index (Phi) is 6.23. The van der Waals surface area contributed by atoms with Gasteiger partial charge in [-0.3, -0.25) is 9.69 Å². The molecule has 2 aromatic carbocycles. The lowest BCUT2D eigenvalue weighted by Gasteiger charge is -2.25. The molecule has 0 saturated carbocycles. The molecule has 5 nitrogen and oxygen atoms in total. The number of aromatic nitrogens is 1. The molecular formula is C23H28N3O2S+. The number of benzene rings is 2. The highest BCUT2D eigenvalue weighted by Gasteiger charge is 2.23. The Balaban J connectivity index is 1.59. The van der Waals surface area contributed by atoms with Crippen LogP contribution in [-0.2, 0) is 4.74 Å². The number of quaternary nitrogens is 1. The van der Waals surface area contributed by atoms with Gasteiger partial charge in [-0.25, -0.2) is 4.98 Å². The molecule has 6 heteroatoms. The summed E-state index contributed by atoms with van der Waals surface area (Å²) in [6, 6.07) is 13.8. The standard InChI is InChI=1S/C23H27N3O2S/c1-17-15-18(2)21-20(16-17)24-23(29-21)26(22(27)19-7-4-3-5-8-19)10-6-9-25-11-13-28-14-12-25/h3-5,7-8,15-16H,6,9-14H2,1-2H3/p+1. The summed E-state index contributed by atoms with van der Waals surface area (Å²) < 4.78 is 6.62. The van der Waals surface area contributed by atoms with Gasteiger partial charge >= 0.3 is 0 Å². The monoisotopic (exact) mass is 410 g/mol. The fourth-order valence-electron chi connectivity index (χ4n) is 3.90. The SMILES string of the molecule is Cc1cc(C)c2sc(N(CCC[NH+]3CCOCC3)C(=O)c3ccccc3)nc2c1. The van der Waals surface area contributed by atoms with E-state index in [1.165, 1.54) is 11.1 Å². The van der Waals surface area contributed by atoms with Gasteiger partial charge in [0, 0.05) is 18.5 Å². The van der Waals surface area contributed by atoms with E-state index in [2.05, 4.69) is 26.0 Å². The van der Waals surface area contributed by atoms with Crippen molar-refractivity contribution in [2.24, 2.45) is 0 Å². The fourth-order valence-corrected chi connectivity index (χ4v) is 4.94. The number of nitrogens with zero attached hydrogens (tertiary/aromatic N) is 2. The third-order valence-corrected chi connectivity index (χ3v) is 6.65. The predicted octanol–water partition coefficient (Wildman–Crippen LogP) is 2.87. The minimum atomic E-state index is 0.0241. The summed E-state index contributed by atoms with van der Waals surface area (Å²) in [5.41, 5.74) is 4.10. The number of carbonyl (C=O) groups is 1. The van der Waals surface area contributed by atoms with Crippen molar-refractivity contribution >= 4 is 32.6 Å². The first-order chi connectivity index (χ1) is 14.1. The van der Waals surface area contributed by atoms with Crippen LogP contribution in [0.1, 0.15) is 27.9 Å². The number of anilines is 1. The van der Waals surface area contributed by atoms with Crippen LogP contribution in [-0.4, -0.2) is 50.3 Å². The van der Waals surface area contributed by atoms with Crippen LogP contribution in [0.4, 0.5) is 5.13 Å². The molecule has 1 fully saturated rings. The maximum atomic E-state index is 13.3. The molecule has 3 aromatic rings. The number of morpholine rings is 1. The van der Waals surface area contributed by atoms with E-state index in [0.29, 0.717) is 12.1 Å². The van der Waals surface area contributed by atoms with Crippen molar-refractivity contribution in [1.82, 2.24) is 4.98 Å². The number of amides is 1. The van der Waals surface area contributed by atoms with Gasteiger partial charge in [-0.1, -0.05) is 35.6 Å². The lowest BCUT2D eigenvalue weighted by Crippen LogP contribution is -3.14. The van der Waals surface area contributed by atoms with Crippen molar-refractivity contribution < 1.29 is 14.4 Å². The molecule has 29 heavy (non-hydrogen) atoms. The molecule has 0 aliphatic carbocycles. The number of ether oxygens (including phenoxy) is 1. The van der Waals surface area contributed by atoms with Crippen molar-refractivity contribution in [2.45, 2.75) is 20.3 Å². The Morgan fingerprint density at radius 2 is 1.93 bits per heavy atom. The number of hydrogen-bond donors (Lipinski definition) is 1. The maximum absolute atomic E-state index is 13.3. The van der Waals surface area contributed by atoms with E-state index >= 15 is 0 Å². The summed E-state index contributed by atoms with van der Waals surface area (Å²) >= 11 is 1.62. The largest absolute Gasteiger partial charge is 0.370 e. The van der Waals surface area contributed by atoms with Gasteiger partial charge in [0.05, 0.1) is 30.0 Å². The van der Waals surface area contributed by atoms with E-state index in [4.69, 9.17) is 9.72 Å². The first-order valence-corrected chi connectivity index (χ1v) is 11.1. The molecule has 1 N–H and O–H groups in total. The molecule has 0 bridgehead atoms. The van der Waals surface area contributed by atoms with E-state index in [1.54, 1.807) is 16.2 Å². The van der Waals surface area contributed by atoms with Crippen LogP contribution >= 0.6 is 11.3 Å². The van der Waals surface area contributed by atoms with Crippen LogP contribution in [0.15, 0.2) is 42.5 Å². The highest BCUT2D eigenvalue weighted by atomic mass is 32.1. The number of rotatable bonds is 6. The number of carbonyl (C=O) groups excluding carboxylic acids is 1. The number of hydrogen-bond acceptors (Lipinski definition) is 4. The Morgan fingerprint density at radius 3 is 2.69 bits per heavy atom. The number of aryl methyl sites for hydroxylation is 2. The molecule has 0 radical (unpaired) electrons. The molecule has 1 aliphatic rings. The molecule has 2 heterocycles. The van der Waals surface area contributed by atoms with Crippen molar-refractivity contribution in [3.8, 4) is 0 Å². The molecule has 4 rings (SSSR count). The average Bonchev–Trinajstić information content (AvgIpc) is 3.16. The zero-order chi connectivity index (χ0) is 20.2. The number of fused-ring (bicyclic) bond motifs is 1. The third-order valence-electron chi connectivity index (χ3n) is 5.42. The average molecular weight is 411 g/mol. The summed E-state index contributed by atoms with van der Waals surface area (Å²) in [5, 5.41) is 0.791. The van der Waals surface area contributed by atoms with Crippen molar-refractivity contribution in [3.63, 3.8) is 0 Å². The van der Waals surface area contributed by atoms with E-state index in [0.717, 1.165) is 54.6 Å². The number of nitrogens with one attached hydrogen (secondary N) is 1. The Labute approximate surface area is 175 Å². The Bertz CT molecular complexity index is 980. The molecule has 1 aromatic heterocycles. The van der Waals surface area contributed by atoms with Crippen LogP contribution in [0.5, 0.6) is 0 Å². The van der Waals surface area contributed by atoms with Crippen molar-refractivity contribution in [3.05, 3.63) is 59.2 Å². The van der Waals surface area contributed by atoms with Crippen LogP contribution in [0.2, 0.25) is 0 Å². The lowest BCUT2D eigenvalue weighted by molar-refractivity contribution is -0.908. The highest BCUT2D eigenvalue weighted by Crippen LogP contribution is 2.32. The molecule has 1 amide bonds. The summed E-state index contributed by atoms with van der Waals surface area (Å²) in [7, 11) is 0. The second-order valence-electron chi connectivity index (χ2n) is 7.72. The Hall–Kier alpha value is -2.28. The summed E-state index contributed by atoms with van der Waals surface area (Å²) in [4.78, 5) is 21.6. The summed E-state index contributed by atoms with van der Waals surface area (Å²) in [6.07, 6.45) is 0.946. The van der Waals surface area contributed by atoms with Gasteiger partial charge in [0.25, 0.3) is 5.91 Å². The first kappa shape index (κ1) is 20.0. The second-order valence-corrected chi connectivity index (χ2v) is 8.69. The molecule has 0 spiro atoms. The topological polar surface area (TPSA) is 46.9 Å². The quantitative estimate of drug-likeness (QED) is 0.680. The van der Waals surface area contributed by atoms with E-state index < -0.39 is 0 Å². The van der Waals surface area contributed by atoms with E-state index in [-0.39, 0.29) is 5.91 Å². The summed E-state index contributed by atoms with van der Waals surface area (Å²) in [5.74, 6) is 0.0241. The van der Waals surface area contributed by atoms with Crippen LogP contribution in [0.3, 0.4) is 0 Å². The lowest BCUT2D eigenvalue weighted by atomic mass is 10.1. The highest BCUT2D eigenvalue weighted by molar-refractivity contribution is 7.22. The zero-order valence-electron chi connectivity index (χ0n) is 17.1. The van der Waals surface area contributed by atoms with Gasteiger partial charge < -0.3 is 9.64 Å². The normalized spacial score (nSPS) is 15.0. The molecule has 152 valence electrons. The molecule has 0 atom stereocenters. The van der Waals surface area contributed by atoms with Crippen LogP contribution in [0, 0.1) is 13.8 Å². The first-order valence-electron chi connectivity index (χ1n) is 10.3. The van der Waals surface area contributed by atoms with Crippen molar-refractivity contribution in [2.75, 3.05) is 44.3 Å². The molecule has 1 aliphatic heterocycles. The second kappa shape index (κ2) is 9.03.